The summed E-state index contributed by atoms with van der Waals surface area (Å²) in [7, 11) is 0. The fraction of sp³-hybridized carbons (Fsp3) is 0.647. The largest absolute Gasteiger partial charge is 0.327 e. The highest BCUT2D eigenvalue weighted by Crippen LogP contribution is 2.39. The fourth-order valence-electron chi connectivity index (χ4n) is 3.25. The summed E-state index contributed by atoms with van der Waals surface area (Å²) < 4.78 is 0. The summed E-state index contributed by atoms with van der Waals surface area (Å²) in [6.07, 6.45) is 10.4. The van der Waals surface area contributed by atoms with Crippen LogP contribution >= 0.6 is 0 Å². The van der Waals surface area contributed by atoms with Crippen LogP contribution in [-0.4, -0.2) is 6.04 Å². The van der Waals surface area contributed by atoms with Crippen molar-refractivity contribution in [3.05, 3.63) is 35.9 Å². The van der Waals surface area contributed by atoms with Crippen molar-refractivity contribution in [2.24, 2.45) is 11.1 Å². The molecule has 0 spiro atoms. The lowest BCUT2D eigenvalue weighted by Gasteiger charge is -2.39. The molecule has 0 heterocycles. The summed E-state index contributed by atoms with van der Waals surface area (Å²) in [5.74, 6) is 0. The van der Waals surface area contributed by atoms with Gasteiger partial charge < -0.3 is 5.73 Å². The molecule has 0 aromatic heterocycles. The van der Waals surface area contributed by atoms with Crippen molar-refractivity contribution >= 4 is 0 Å². The number of hydrogen-bond donors (Lipinski definition) is 1. The Bertz CT molecular complexity index is 338. The van der Waals surface area contributed by atoms with E-state index in [1.165, 1.54) is 56.9 Å². The topological polar surface area (TPSA) is 26.0 Å². The molecule has 1 aliphatic carbocycles. The van der Waals surface area contributed by atoms with Crippen LogP contribution in [-0.2, 0) is 6.42 Å². The van der Waals surface area contributed by atoms with Crippen LogP contribution in [0.2, 0.25) is 0 Å². The molecule has 18 heavy (non-hydrogen) atoms. The average Bonchev–Trinajstić information content (AvgIpc) is 2.41. The Hall–Kier alpha value is -0.820. The maximum atomic E-state index is 6.45. The van der Waals surface area contributed by atoms with E-state index in [0.717, 1.165) is 0 Å². The summed E-state index contributed by atoms with van der Waals surface area (Å²) in [6, 6.07) is 11.1. The molecule has 1 nitrogen and oxygen atoms in total. The van der Waals surface area contributed by atoms with Crippen LogP contribution in [0.15, 0.2) is 30.3 Å². The van der Waals surface area contributed by atoms with Gasteiger partial charge in [-0.2, -0.15) is 0 Å². The standard InChI is InChI=1S/C17H27N/c1-17(13-6-3-7-14-17)16(18)12-8-11-15-9-4-2-5-10-15/h2,4-5,9-10,16H,3,6-8,11-14,18H2,1H3. The Balaban J connectivity index is 1.76. The third-order valence-corrected chi connectivity index (χ3v) is 4.71. The highest BCUT2D eigenvalue weighted by molar-refractivity contribution is 5.14. The molecule has 1 unspecified atom stereocenters. The Morgan fingerprint density at radius 1 is 1.11 bits per heavy atom. The smallest absolute Gasteiger partial charge is 0.00930 e. The molecule has 1 saturated carbocycles. The van der Waals surface area contributed by atoms with Crippen LogP contribution in [0.25, 0.3) is 0 Å². The van der Waals surface area contributed by atoms with Crippen molar-refractivity contribution in [3.8, 4) is 0 Å². The average molecular weight is 245 g/mol. The molecule has 1 aromatic carbocycles. The van der Waals surface area contributed by atoms with Crippen molar-refractivity contribution in [2.75, 3.05) is 0 Å². The molecule has 0 aliphatic heterocycles. The predicted octanol–water partition coefficient (Wildman–Crippen LogP) is 4.31. The van der Waals surface area contributed by atoms with Crippen LogP contribution in [0.1, 0.15) is 57.4 Å². The minimum Gasteiger partial charge on any atom is -0.327 e. The van der Waals surface area contributed by atoms with Gasteiger partial charge >= 0.3 is 0 Å². The summed E-state index contributed by atoms with van der Waals surface area (Å²) in [5.41, 5.74) is 8.30. The summed E-state index contributed by atoms with van der Waals surface area (Å²) in [6.45, 7) is 2.40. The Kier molecular flexibility index (Phi) is 4.82. The molecular formula is C17H27N. The number of benzene rings is 1. The number of rotatable bonds is 5. The second kappa shape index (κ2) is 6.38. The first kappa shape index (κ1) is 13.6. The van der Waals surface area contributed by atoms with Crippen LogP contribution in [0.3, 0.4) is 0 Å². The van der Waals surface area contributed by atoms with Gasteiger partial charge in [0.15, 0.2) is 0 Å². The Morgan fingerprint density at radius 2 is 1.78 bits per heavy atom. The van der Waals surface area contributed by atoms with E-state index >= 15 is 0 Å². The van der Waals surface area contributed by atoms with Gasteiger partial charge in [0.25, 0.3) is 0 Å². The quantitative estimate of drug-likeness (QED) is 0.822. The molecule has 1 fully saturated rings. The molecule has 0 saturated heterocycles. The highest BCUT2D eigenvalue weighted by Gasteiger charge is 2.32. The van der Waals surface area contributed by atoms with E-state index in [1.807, 2.05) is 0 Å². The molecule has 1 heteroatoms. The van der Waals surface area contributed by atoms with E-state index in [4.69, 9.17) is 5.73 Å². The lowest BCUT2D eigenvalue weighted by atomic mass is 9.69. The van der Waals surface area contributed by atoms with E-state index in [2.05, 4.69) is 37.3 Å². The second-order valence-electron chi connectivity index (χ2n) is 6.20. The van der Waals surface area contributed by atoms with Crippen molar-refractivity contribution in [1.29, 1.82) is 0 Å². The summed E-state index contributed by atoms with van der Waals surface area (Å²) >= 11 is 0. The Labute approximate surface area is 112 Å². The molecule has 1 aromatic rings. The van der Waals surface area contributed by atoms with Gasteiger partial charge in [0.2, 0.25) is 0 Å². The minimum absolute atomic E-state index is 0.390. The van der Waals surface area contributed by atoms with E-state index < -0.39 is 0 Å². The van der Waals surface area contributed by atoms with Crippen LogP contribution < -0.4 is 5.73 Å². The number of hydrogen-bond acceptors (Lipinski definition) is 1. The van der Waals surface area contributed by atoms with E-state index in [1.54, 1.807) is 0 Å². The second-order valence-corrected chi connectivity index (χ2v) is 6.20. The first-order chi connectivity index (χ1) is 8.71. The van der Waals surface area contributed by atoms with Gasteiger partial charge in [-0.1, -0.05) is 56.5 Å². The first-order valence-electron chi connectivity index (χ1n) is 7.50. The first-order valence-corrected chi connectivity index (χ1v) is 7.50. The Morgan fingerprint density at radius 3 is 2.44 bits per heavy atom. The zero-order valence-corrected chi connectivity index (χ0v) is 11.7. The third-order valence-electron chi connectivity index (χ3n) is 4.71. The van der Waals surface area contributed by atoms with Crippen molar-refractivity contribution < 1.29 is 0 Å². The maximum absolute atomic E-state index is 6.45. The molecule has 2 rings (SSSR count). The van der Waals surface area contributed by atoms with Gasteiger partial charge in [0, 0.05) is 6.04 Å². The van der Waals surface area contributed by atoms with Gasteiger partial charge in [-0.25, -0.2) is 0 Å². The molecule has 1 aliphatic rings. The maximum Gasteiger partial charge on any atom is 0.00930 e. The fourth-order valence-corrected chi connectivity index (χ4v) is 3.25. The van der Waals surface area contributed by atoms with Crippen LogP contribution in [0.5, 0.6) is 0 Å². The van der Waals surface area contributed by atoms with Gasteiger partial charge in [-0.3, -0.25) is 0 Å². The van der Waals surface area contributed by atoms with Gasteiger partial charge in [0.05, 0.1) is 0 Å². The zero-order chi connectivity index (χ0) is 12.8. The molecule has 0 bridgehead atoms. The van der Waals surface area contributed by atoms with Crippen molar-refractivity contribution in [3.63, 3.8) is 0 Å². The predicted molar refractivity (Wildman–Crippen MR) is 78.5 cm³/mol. The molecular weight excluding hydrogens is 218 g/mol. The van der Waals surface area contributed by atoms with E-state index in [9.17, 15) is 0 Å². The SMILES string of the molecule is CC1(C(N)CCCc2ccccc2)CCCCC1. The van der Waals surface area contributed by atoms with Crippen LogP contribution in [0, 0.1) is 5.41 Å². The lowest BCUT2D eigenvalue weighted by molar-refractivity contribution is 0.161. The molecule has 0 radical (unpaired) electrons. The molecule has 1 atom stereocenters. The minimum atomic E-state index is 0.390. The summed E-state index contributed by atoms with van der Waals surface area (Å²) in [5, 5.41) is 0. The molecule has 2 N–H and O–H groups in total. The van der Waals surface area contributed by atoms with Crippen molar-refractivity contribution in [1.82, 2.24) is 0 Å². The zero-order valence-electron chi connectivity index (χ0n) is 11.7. The summed E-state index contributed by atoms with van der Waals surface area (Å²) in [4.78, 5) is 0. The molecule has 100 valence electrons. The molecule has 0 amide bonds. The number of nitrogens with two attached hydrogens (primary N) is 1. The normalized spacial score (nSPS) is 20.6. The van der Waals surface area contributed by atoms with Gasteiger partial charge in [-0.05, 0) is 43.1 Å². The van der Waals surface area contributed by atoms with Gasteiger partial charge in [0.1, 0.15) is 0 Å². The lowest BCUT2D eigenvalue weighted by Crippen LogP contribution is -2.41. The van der Waals surface area contributed by atoms with Crippen LogP contribution in [0.4, 0.5) is 0 Å². The van der Waals surface area contributed by atoms with E-state index in [-0.39, 0.29) is 0 Å². The third kappa shape index (κ3) is 3.58. The van der Waals surface area contributed by atoms with E-state index in [0.29, 0.717) is 11.5 Å². The van der Waals surface area contributed by atoms with Crippen molar-refractivity contribution in [2.45, 2.75) is 64.3 Å². The monoisotopic (exact) mass is 245 g/mol. The number of aryl methyl sites for hydroxylation is 1. The van der Waals surface area contributed by atoms with Gasteiger partial charge in [-0.15, -0.1) is 0 Å². The highest BCUT2D eigenvalue weighted by atomic mass is 14.7.